The molecule has 0 aromatic heterocycles. The Bertz CT molecular complexity index is 1130. The van der Waals surface area contributed by atoms with Crippen molar-refractivity contribution in [2.45, 2.75) is 9.79 Å². The van der Waals surface area contributed by atoms with E-state index >= 15 is 0 Å². The van der Waals surface area contributed by atoms with Crippen molar-refractivity contribution in [1.29, 1.82) is 0 Å². The van der Waals surface area contributed by atoms with Crippen molar-refractivity contribution in [2.75, 3.05) is 0 Å². The maximum absolute atomic E-state index is 12.6. The molecule has 0 amide bonds. The molecule has 3 rings (SSSR count). The Morgan fingerprint density at radius 1 is 0.571 bits per heavy atom. The van der Waals surface area contributed by atoms with Crippen LogP contribution in [0.1, 0.15) is 0 Å². The lowest BCUT2D eigenvalue weighted by atomic mass is 10.1. The van der Waals surface area contributed by atoms with Crippen molar-refractivity contribution in [3.05, 3.63) is 82.9 Å². The fourth-order valence-corrected chi connectivity index (χ4v) is 4.56. The van der Waals surface area contributed by atoms with Gasteiger partial charge >= 0.3 is 0 Å². The van der Waals surface area contributed by atoms with E-state index < -0.39 is 20.0 Å². The van der Waals surface area contributed by atoms with Gasteiger partial charge in [0.1, 0.15) is 11.4 Å². The molecule has 2 aromatic carbocycles. The van der Waals surface area contributed by atoms with E-state index in [9.17, 15) is 16.8 Å². The van der Waals surface area contributed by atoms with Crippen LogP contribution in [0.25, 0.3) is 0 Å². The minimum atomic E-state index is -4.12. The van der Waals surface area contributed by atoms with Crippen LogP contribution < -0.4 is 0 Å². The lowest BCUT2D eigenvalue weighted by Crippen LogP contribution is -2.18. The average molecular weight is 455 g/mol. The maximum Gasteiger partial charge on any atom is 0.282 e. The zero-order valence-corrected chi connectivity index (χ0v) is 17.2. The number of benzene rings is 2. The van der Waals surface area contributed by atoms with E-state index in [1.807, 2.05) is 0 Å². The lowest BCUT2D eigenvalue weighted by molar-refractivity contribution is 0.596. The van der Waals surface area contributed by atoms with Gasteiger partial charge in [0.2, 0.25) is 0 Å². The van der Waals surface area contributed by atoms with Crippen molar-refractivity contribution in [1.82, 2.24) is 0 Å². The number of allylic oxidation sites excluding steroid dienone is 4. The Kier molecular flexibility index (Phi) is 5.85. The summed E-state index contributed by atoms with van der Waals surface area (Å²) < 4.78 is 57.6. The van der Waals surface area contributed by atoms with E-state index in [0.717, 1.165) is 12.2 Å². The Morgan fingerprint density at radius 2 is 0.893 bits per heavy atom. The minimum Gasteiger partial charge on any atom is -0.199 e. The standard InChI is InChI=1S/C18H12Cl2N2O4S2/c19-15-11-17(21-27(23,24)13-7-3-1-4-8-13)18(12-16(15)20)22-28(25,26)14-9-5-2-6-10-14/h1-12H/b21-17-,22-18+. The van der Waals surface area contributed by atoms with E-state index in [2.05, 4.69) is 8.80 Å². The fourth-order valence-electron chi connectivity index (χ4n) is 2.22. The third-order valence-corrected chi connectivity index (χ3v) is 6.87. The van der Waals surface area contributed by atoms with Crippen molar-refractivity contribution in [3.8, 4) is 0 Å². The topological polar surface area (TPSA) is 93.0 Å². The van der Waals surface area contributed by atoms with Gasteiger partial charge in [0.05, 0.1) is 19.9 Å². The summed E-state index contributed by atoms with van der Waals surface area (Å²) in [5.41, 5.74) is -0.476. The molecule has 2 aromatic rings. The zero-order valence-electron chi connectivity index (χ0n) is 14.0. The number of nitrogens with zero attached hydrogens (tertiary/aromatic N) is 2. The largest absolute Gasteiger partial charge is 0.282 e. The molecule has 0 saturated carbocycles. The monoisotopic (exact) mass is 454 g/mol. The molecule has 1 aliphatic rings. The smallest absolute Gasteiger partial charge is 0.199 e. The summed E-state index contributed by atoms with van der Waals surface area (Å²) in [6, 6.07) is 15.0. The predicted octanol–water partition coefficient (Wildman–Crippen LogP) is 3.91. The molecule has 0 spiro atoms. The van der Waals surface area contributed by atoms with E-state index in [0.29, 0.717) is 0 Å². The summed E-state index contributed by atoms with van der Waals surface area (Å²) in [7, 11) is -8.23. The molecule has 10 heteroatoms. The summed E-state index contributed by atoms with van der Waals surface area (Å²) in [6.07, 6.45) is 2.31. The quantitative estimate of drug-likeness (QED) is 0.654. The molecule has 0 aliphatic heterocycles. The van der Waals surface area contributed by atoms with Gasteiger partial charge in [-0.2, -0.15) is 25.6 Å². The Labute approximate surface area is 172 Å². The second-order valence-corrected chi connectivity index (χ2v) is 9.54. The fraction of sp³-hybridized carbons (Fsp3) is 0. The molecule has 1 aliphatic carbocycles. The lowest BCUT2D eigenvalue weighted by Gasteiger charge is -2.10. The highest BCUT2D eigenvalue weighted by atomic mass is 35.5. The van der Waals surface area contributed by atoms with Gasteiger partial charge in [-0.25, -0.2) is 0 Å². The molecule has 28 heavy (non-hydrogen) atoms. The Morgan fingerprint density at radius 3 is 1.21 bits per heavy atom. The van der Waals surface area contributed by atoms with Crippen molar-refractivity contribution < 1.29 is 16.8 Å². The van der Waals surface area contributed by atoms with Gasteiger partial charge in [-0.1, -0.05) is 59.6 Å². The third-order valence-electron chi connectivity index (χ3n) is 3.54. The van der Waals surface area contributed by atoms with Crippen molar-refractivity contribution in [3.63, 3.8) is 0 Å². The number of halogens is 2. The number of hydrogen-bond acceptors (Lipinski definition) is 4. The van der Waals surface area contributed by atoms with Crippen molar-refractivity contribution in [2.24, 2.45) is 8.80 Å². The SMILES string of the molecule is O=S(=O)(/N=C1/C=C(Cl)C(Cl)=C/C1=N\S(=O)(=O)c1ccccc1)c1ccccc1. The molecule has 0 fully saturated rings. The number of rotatable bonds is 4. The molecule has 0 unspecified atom stereocenters. The van der Waals surface area contributed by atoms with Gasteiger partial charge in [-0.05, 0) is 36.4 Å². The van der Waals surface area contributed by atoms with E-state index in [4.69, 9.17) is 23.2 Å². The molecular formula is C18H12Cl2N2O4S2. The molecule has 6 nitrogen and oxygen atoms in total. The number of hydrogen-bond donors (Lipinski definition) is 0. The van der Waals surface area contributed by atoms with Crippen LogP contribution in [0.3, 0.4) is 0 Å². The summed E-state index contributed by atoms with van der Waals surface area (Å²) in [6.45, 7) is 0. The summed E-state index contributed by atoms with van der Waals surface area (Å²) >= 11 is 11.9. The average Bonchev–Trinajstić information content (AvgIpc) is 2.67. The highest BCUT2D eigenvalue weighted by Gasteiger charge is 2.23. The van der Waals surface area contributed by atoms with Crippen LogP contribution >= 0.6 is 23.2 Å². The first-order chi connectivity index (χ1) is 13.2. The summed E-state index contributed by atoms with van der Waals surface area (Å²) in [5, 5.41) is 0.0273. The highest BCUT2D eigenvalue weighted by Crippen LogP contribution is 2.25. The normalized spacial score (nSPS) is 18.1. The van der Waals surface area contributed by atoms with Crippen LogP contribution in [-0.2, 0) is 20.0 Å². The third kappa shape index (κ3) is 4.59. The summed E-state index contributed by atoms with van der Waals surface area (Å²) in [4.78, 5) is -0.115. The zero-order chi connectivity index (χ0) is 20.4. The van der Waals surface area contributed by atoms with Gasteiger partial charge in [0, 0.05) is 0 Å². The first-order valence-electron chi connectivity index (χ1n) is 7.74. The second kappa shape index (κ2) is 8.00. The van der Waals surface area contributed by atoms with Crippen LogP contribution in [0.5, 0.6) is 0 Å². The van der Waals surface area contributed by atoms with Gasteiger partial charge in [0.25, 0.3) is 20.0 Å². The molecular weight excluding hydrogens is 443 g/mol. The number of sulfonamides is 2. The van der Waals surface area contributed by atoms with Crippen LogP contribution in [0, 0.1) is 0 Å². The highest BCUT2D eigenvalue weighted by molar-refractivity contribution is 7.91. The van der Waals surface area contributed by atoms with E-state index in [1.165, 1.54) is 24.3 Å². The molecule has 0 saturated heterocycles. The van der Waals surface area contributed by atoms with Crippen LogP contribution in [0.15, 0.2) is 101 Å². The molecule has 0 atom stereocenters. The van der Waals surface area contributed by atoms with Gasteiger partial charge in [-0.3, -0.25) is 0 Å². The van der Waals surface area contributed by atoms with Gasteiger partial charge < -0.3 is 0 Å². The second-order valence-electron chi connectivity index (χ2n) is 5.51. The summed E-state index contributed by atoms with van der Waals surface area (Å²) in [5.74, 6) is 0. The van der Waals surface area contributed by atoms with Gasteiger partial charge in [-0.15, -0.1) is 0 Å². The molecule has 0 radical (unpaired) electrons. The maximum atomic E-state index is 12.6. The predicted molar refractivity (Wildman–Crippen MR) is 110 cm³/mol. The Balaban J connectivity index is 2.14. The molecule has 0 heterocycles. The van der Waals surface area contributed by atoms with Crippen LogP contribution in [0.2, 0.25) is 0 Å². The molecule has 0 bridgehead atoms. The van der Waals surface area contributed by atoms with Crippen LogP contribution in [-0.4, -0.2) is 28.3 Å². The van der Waals surface area contributed by atoms with Crippen molar-refractivity contribution >= 4 is 54.7 Å². The van der Waals surface area contributed by atoms with Crippen LogP contribution in [0.4, 0.5) is 0 Å². The Hall–Kier alpha value is -2.26. The first kappa shape index (κ1) is 20.5. The van der Waals surface area contributed by atoms with E-state index in [1.54, 1.807) is 36.4 Å². The first-order valence-corrected chi connectivity index (χ1v) is 11.4. The van der Waals surface area contributed by atoms with Gasteiger partial charge in [0.15, 0.2) is 0 Å². The van der Waals surface area contributed by atoms with E-state index in [-0.39, 0.29) is 31.3 Å². The molecule has 0 N–H and O–H groups in total. The minimum absolute atomic E-state index is 0.0136. The molecule has 144 valence electrons.